The largest absolute Gasteiger partial charge is 0.453 e. The number of benzene rings is 1. The lowest BCUT2D eigenvalue weighted by Crippen LogP contribution is -2.50. The summed E-state index contributed by atoms with van der Waals surface area (Å²) in [5, 5.41) is 23.9. The summed E-state index contributed by atoms with van der Waals surface area (Å²) in [7, 11) is 1.35. The first-order valence-electron chi connectivity index (χ1n) is 12.4. The lowest BCUT2D eigenvalue weighted by Gasteiger charge is -2.37. The van der Waals surface area contributed by atoms with Crippen molar-refractivity contribution in [2.24, 2.45) is 5.73 Å². The summed E-state index contributed by atoms with van der Waals surface area (Å²) in [6.07, 6.45) is -0.381. The van der Waals surface area contributed by atoms with Crippen molar-refractivity contribution < 1.29 is 28.9 Å². The highest BCUT2D eigenvalue weighted by atomic mass is 32.1. The highest BCUT2D eigenvalue weighted by Gasteiger charge is 2.28. The lowest BCUT2D eigenvalue weighted by molar-refractivity contribution is 0.0552. The van der Waals surface area contributed by atoms with Gasteiger partial charge in [-0.3, -0.25) is 9.69 Å². The zero-order valence-electron chi connectivity index (χ0n) is 22.0. The average Bonchev–Trinajstić information content (AvgIpc) is 3.32. The van der Waals surface area contributed by atoms with Gasteiger partial charge in [-0.2, -0.15) is 0 Å². The Bertz CT molecular complexity index is 1350. The summed E-state index contributed by atoms with van der Waals surface area (Å²) in [6, 6.07) is 10.9. The van der Waals surface area contributed by atoms with E-state index in [1.54, 1.807) is 49.1 Å². The molecule has 208 valence electrons. The van der Waals surface area contributed by atoms with E-state index >= 15 is 0 Å². The van der Waals surface area contributed by atoms with Gasteiger partial charge in [-0.05, 0) is 43.7 Å². The molecule has 2 amide bonds. The number of ether oxygens (including phenoxy) is 1. The van der Waals surface area contributed by atoms with Gasteiger partial charge in [0.2, 0.25) is 0 Å². The molecule has 0 spiro atoms. The molecule has 1 atom stereocenters. The van der Waals surface area contributed by atoms with Gasteiger partial charge >= 0.3 is 6.09 Å². The van der Waals surface area contributed by atoms with Crippen molar-refractivity contribution in [3.63, 3.8) is 0 Å². The smallest absolute Gasteiger partial charge is 0.409 e. The van der Waals surface area contributed by atoms with Gasteiger partial charge < -0.3 is 30.9 Å². The van der Waals surface area contributed by atoms with Crippen molar-refractivity contribution in [3.05, 3.63) is 65.1 Å². The molecule has 39 heavy (non-hydrogen) atoms. The van der Waals surface area contributed by atoms with Gasteiger partial charge in [0.25, 0.3) is 5.91 Å². The van der Waals surface area contributed by atoms with Gasteiger partial charge in [-0.1, -0.05) is 18.2 Å². The Kier molecular flexibility index (Phi) is 8.50. The summed E-state index contributed by atoms with van der Waals surface area (Å²) in [6.45, 7) is 4.98. The van der Waals surface area contributed by atoms with Crippen LogP contribution in [-0.4, -0.2) is 76.9 Å². The van der Waals surface area contributed by atoms with Crippen LogP contribution >= 0.6 is 11.3 Å². The van der Waals surface area contributed by atoms with Gasteiger partial charge in [0.1, 0.15) is 16.6 Å². The van der Waals surface area contributed by atoms with Crippen LogP contribution in [-0.2, 0) is 10.3 Å². The van der Waals surface area contributed by atoms with Gasteiger partial charge in [0, 0.05) is 36.6 Å². The third-order valence-corrected chi connectivity index (χ3v) is 7.74. The third kappa shape index (κ3) is 6.36. The Morgan fingerprint density at radius 1 is 1.21 bits per heavy atom. The van der Waals surface area contributed by atoms with Crippen LogP contribution in [0.2, 0.25) is 0 Å². The molecular formula is C27H32FN5O5S. The number of aliphatic hydroxyl groups excluding tert-OH is 1. The number of nitrogens with two attached hydrogens (primary N) is 1. The van der Waals surface area contributed by atoms with Crippen LogP contribution in [0.5, 0.6) is 0 Å². The molecule has 0 radical (unpaired) electrons. The molecule has 0 saturated carbocycles. The van der Waals surface area contributed by atoms with Gasteiger partial charge in [-0.15, -0.1) is 11.3 Å². The highest BCUT2D eigenvalue weighted by Crippen LogP contribution is 2.39. The number of halogens is 1. The number of anilines is 2. The minimum absolute atomic E-state index is 0.176. The Hall–Kier alpha value is -3.58. The molecule has 4 rings (SSSR count). The topological polar surface area (TPSA) is 141 Å². The summed E-state index contributed by atoms with van der Waals surface area (Å²) < 4.78 is 19.8. The molecule has 1 aromatic carbocycles. The van der Waals surface area contributed by atoms with Crippen molar-refractivity contribution in [2.75, 3.05) is 45.2 Å². The molecule has 1 fully saturated rings. The predicted molar refractivity (Wildman–Crippen MR) is 146 cm³/mol. The van der Waals surface area contributed by atoms with Crippen LogP contribution < -0.4 is 11.1 Å². The van der Waals surface area contributed by atoms with E-state index < -0.39 is 23.4 Å². The lowest BCUT2D eigenvalue weighted by atomic mass is 9.96. The van der Waals surface area contributed by atoms with Crippen LogP contribution in [0.3, 0.4) is 0 Å². The normalized spacial score (nSPS) is 15.2. The number of aromatic nitrogens is 1. The first-order valence-corrected chi connectivity index (χ1v) is 13.2. The second-order valence-electron chi connectivity index (χ2n) is 9.74. The second kappa shape index (κ2) is 11.7. The van der Waals surface area contributed by atoms with E-state index in [-0.39, 0.29) is 23.8 Å². The zero-order valence-corrected chi connectivity index (χ0v) is 22.8. The number of thiophene rings is 1. The SMILES string of the molecule is COC(=O)N1CCN(C(CO)c2cccc(Nc3sc(-c4ccc(C(C)(C)O)cc4F)cc3C(N)=O)n2)CC1. The maximum atomic E-state index is 15.0. The zero-order chi connectivity index (χ0) is 28.3. The quantitative estimate of drug-likeness (QED) is 0.330. The fourth-order valence-corrected chi connectivity index (χ4v) is 5.56. The Balaban J connectivity index is 1.57. The number of nitrogens with one attached hydrogen (secondary N) is 1. The van der Waals surface area contributed by atoms with E-state index in [1.165, 1.54) is 19.2 Å². The number of primary amides is 1. The predicted octanol–water partition coefficient (Wildman–Crippen LogP) is 3.44. The number of hydrogen-bond acceptors (Lipinski definition) is 9. The molecule has 1 aliphatic rings. The minimum Gasteiger partial charge on any atom is -0.453 e. The van der Waals surface area contributed by atoms with Gasteiger partial charge in [0.15, 0.2) is 0 Å². The Morgan fingerprint density at radius 2 is 1.92 bits per heavy atom. The summed E-state index contributed by atoms with van der Waals surface area (Å²) >= 11 is 1.15. The summed E-state index contributed by atoms with van der Waals surface area (Å²) in [4.78, 5) is 32.8. The molecule has 1 saturated heterocycles. The van der Waals surface area contributed by atoms with Crippen molar-refractivity contribution in [2.45, 2.75) is 25.5 Å². The van der Waals surface area contributed by atoms with Crippen LogP contribution in [0.1, 0.15) is 41.5 Å². The van der Waals surface area contributed by atoms with Crippen LogP contribution in [0.25, 0.3) is 10.4 Å². The fraction of sp³-hybridized carbons (Fsp3) is 0.370. The molecule has 3 aromatic rings. The van der Waals surface area contributed by atoms with E-state index in [0.29, 0.717) is 53.1 Å². The van der Waals surface area contributed by atoms with Crippen LogP contribution in [0.4, 0.5) is 20.0 Å². The van der Waals surface area contributed by atoms with E-state index in [1.807, 2.05) is 4.90 Å². The molecule has 3 heterocycles. The summed E-state index contributed by atoms with van der Waals surface area (Å²) in [5.74, 6) is -0.786. The highest BCUT2D eigenvalue weighted by molar-refractivity contribution is 7.20. The number of nitrogens with zero attached hydrogens (tertiary/aromatic N) is 3. The van der Waals surface area contributed by atoms with Gasteiger partial charge in [0.05, 0.1) is 36.6 Å². The number of rotatable bonds is 8. The first kappa shape index (κ1) is 28.4. The monoisotopic (exact) mass is 557 g/mol. The molecule has 5 N–H and O–H groups in total. The number of hydrogen-bond donors (Lipinski definition) is 4. The fourth-order valence-electron chi connectivity index (χ4n) is 4.46. The number of carbonyl (C=O) groups is 2. The van der Waals surface area contributed by atoms with Crippen molar-refractivity contribution >= 4 is 34.2 Å². The second-order valence-corrected chi connectivity index (χ2v) is 10.8. The Labute approximate surface area is 229 Å². The number of amides is 2. The molecule has 0 aliphatic carbocycles. The van der Waals surface area contributed by atoms with Crippen LogP contribution in [0, 0.1) is 5.82 Å². The maximum absolute atomic E-state index is 15.0. The van der Waals surface area contributed by atoms with E-state index in [4.69, 9.17) is 10.5 Å². The molecule has 1 aliphatic heterocycles. The molecular weight excluding hydrogens is 525 g/mol. The summed E-state index contributed by atoms with van der Waals surface area (Å²) in [5.41, 5.74) is 5.93. The van der Waals surface area contributed by atoms with E-state index in [2.05, 4.69) is 10.3 Å². The van der Waals surface area contributed by atoms with Gasteiger partial charge in [-0.25, -0.2) is 14.2 Å². The molecule has 1 unspecified atom stereocenters. The van der Waals surface area contributed by atoms with Crippen LogP contribution in [0.15, 0.2) is 42.5 Å². The van der Waals surface area contributed by atoms with Crippen molar-refractivity contribution in [1.82, 2.24) is 14.8 Å². The van der Waals surface area contributed by atoms with E-state index in [9.17, 15) is 24.2 Å². The third-order valence-electron chi connectivity index (χ3n) is 6.65. The number of carbonyl (C=O) groups excluding carboxylic acids is 2. The first-order chi connectivity index (χ1) is 18.5. The minimum atomic E-state index is -1.20. The molecule has 0 bridgehead atoms. The maximum Gasteiger partial charge on any atom is 0.409 e. The number of piperazine rings is 1. The molecule has 12 heteroatoms. The number of pyridine rings is 1. The Morgan fingerprint density at radius 3 is 2.51 bits per heavy atom. The molecule has 10 nitrogen and oxygen atoms in total. The van der Waals surface area contributed by atoms with Crippen molar-refractivity contribution in [1.29, 1.82) is 0 Å². The van der Waals surface area contributed by atoms with Crippen molar-refractivity contribution in [3.8, 4) is 10.4 Å². The number of aliphatic hydroxyl groups is 2. The number of methoxy groups -OCH3 is 1. The standard InChI is InChI=1S/C27H32FN5O5S/c1-27(2,37)16-7-8-17(19(28)13-16)22-14-18(24(29)35)25(39-22)31-23-6-4-5-20(30-23)21(15-34)32-9-11-33(12-10-32)26(36)38-3/h4-8,13-14,21,34,37H,9-12,15H2,1-3H3,(H2,29,35)(H,30,31). The van der Waals surface area contributed by atoms with E-state index in [0.717, 1.165) is 11.3 Å². The molecule has 2 aromatic heterocycles. The average molecular weight is 558 g/mol.